The van der Waals surface area contributed by atoms with Crippen LogP contribution in [0, 0.1) is 15.5 Å². The summed E-state index contributed by atoms with van der Waals surface area (Å²) in [5.74, 6) is -0.263. The number of aromatic nitrogens is 1. The Balaban J connectivity index is 1.75. The van der Waals surface area contributed by atoms with Gasteiger partial charge in [0, 0.05) is 19.2 Å². The molecule has 0 unspecified atom stereocenters. The molecule has 7 heteroatoms. The van der Waals surface area contributed by atoms with Crippen molar-refractivity contribution in [2.24, 2.45) is 11.1 Å². The molecule has 7 nitrogen and oxygen atoms in total. The van der Waals surface area contributed by atoms with Crippen molar-refractivity contribution in [3.63, 3.8) is 0 Å². The van der Waals surface area contributed by atoms with Gasteiger partial charge in [0.15, 0.2) is 0 Å². The largest absolute Gasteiger partial charge is 0.365 e. The van der Waals surface area contributed by atoms with Gasteiger partial charge in [-0.05, 0) is 30.2 Å². The second kappa shape index (κ2) is 7.11. The number of carbonyl (C=O) groups excluding carboxylic acids is 1. The van der Waals surface area contributed by atoms with Crippen molar-refractivity contribution in [3.8, 4) is 0 Å². The maximum Gasteiger partial charge on any atom is 0.288 e. The molecule has 2 heterocycles. The molecule has 1 aromatic carbocycles. The van der Waals surface area contributed by atoms with E-state index in [4.69, 9.17) is 5.73 Å². The molecule has 1 aliphatic rings. The first-order chi connectivity index (χ1) is 12.4. The van der Waals surface area contributed by atoms with Crippen LogP contribution in [0.15, 0.2) is 42.6 Å². The van der Waals surface area contributed by atoms with E-state index in [1.165, 1.54) is 17.8 Å². The van der Waals surface area contributed by atoms with E-state index in [0.29, 0.717) is 5.82 Å². The Morgan fingerprint density at radius 3 is 2.77 bits per heavy atom. The molecule has 0 radical (unpaired) electrons. The van der Waals surface area contributed by atoms with Crippen molar-refractivity contribution >= 4 is 17.4 Å². The molecule has 1 amide bonds. The van der Waals surface area contributed by atoms with Crippen LogP contribution in [0.5, 0.6) is 0 Å². The highest BCUT2D eigenvalue weighted by atomic mass is 16.6. The number of anilines is 1. The van der Waals surface area contributed by atoms with E-state index < -0.39 is 10.8 Å². The quantitative estimate of drug-likeness (QED) is 0.635. The summed E-state index contributed by atoms with van der Waals surface area (Å²) in [4.78, 5) is 28.3. The third kappa shape index (κ3) is 3.82. The second-order valence-corrected chi connectivity index (χ2v) is 7.15. The van der Waals surface area contributed by atoms with Crippen LogP contribution >= 0.6 is 0 Å². The molecule has 0 saturated carbocycles. The van der Waals surface area contributed by atoms with Crippen molar-refractivity contribution in [1.29, 1.82) is 0 Å². The van der Waals surface area contributed by atoms with Gasteiger partial charge in [0.2, 0.25) is 0 Å². The van der Waals surface area contributed by atoms with Crippen LogP contribution in [0.1, 0.15) is 35.7 Å². The lowest BCUT2D eigenvalue weighted by Crippen LogP contribution is -2.28. The minimum absolute atomic E-state index is 0.0915. The third-order valence-corrected chi connectivity index (χ3v) is 5.05. The summed E-state index contributed by atoms with van der Waals surface area (Å²) >= 11 is 0. The average Bonchev–Trinajstić information content (AvgIpc) is 3.03. The zero-order valence-electron chi connectivity index (χ0n) is 14.7. The fourth-order valence-electron chi connectivity index (χ4n) is 3.48. The third-order valence-electron chi connectivity index (χ3n) is 5.05. The number of primary amides is 1. The highest BCUT2D eigenvalue weighted by Gasteiger charge is 2.35. The molecule has 0 aliphatic carbocycles. The molecule has 2 N–H and O–H groups in total. The SMILES string of the molecule is C[C@@]1(CCc2ccccc2)CCN(c2ncc([N+](=O)[O-])cc2C(N)=O)C1. The molecular weight excluding hydrogens is 332 g/mol. The molecule has 0 bridgehead atoms. The molecule has 1 aromatic heterocycles. The van der Waals surface area contributed by atoms with Crippen molar-refractivity contribution in [2.75, 3.05) is 18.0 Å². The van der Waals surface area contributed by atoms with Gasteiger partial charge in [-0.2, -0.15) is 0 Å². The van der Waals surface area contributed by atoms with Crippen LogP contribution < -0.4 is 10.6 Å². The fourth-order valence-corrected chi connectivity index (χ4v) is 3.48. The summed E-state index contributed by atoms with van der Waals surface area (Å²) in [6.45, 7) is 3.71. The molecule has 1 saturated heterocycles. The van der Waals surface area contributed by atoms with Gasteiger partial charge in [0.25, 0.3) is 11.6 Å². The summed E-state index contributed by atoms with van der Waals surface area (Å²) in [7, 11) is 0. The summed E-state index contributed by atoms with van der Waals surface area (Å²) in [5, 5.41) is 10.9. The number of amides is 1. The number of aryl methyl sites for hydroxylation is 1. The van der Waals surface area contributed by atoms with E-state index in [1.807, 2.05) is 23.1 Å². The Labute approximate surface area is 152 Å². The number of hydrogen-bond acceptors (Lipinski definition) is 5. The number of pyridine rings is 1. The summed E-state index contributed by atoms with van der Waals surface area (Å²) in [6.07, 6.45) is 4.16. The highest BCUT2D eigenvalue weighted by Crippen LogP contribution is 2.37. The van der Waals surface area contributed by atoms with E-state index in [2.05, 4.69) is 24.0 Å². The van der Waals surface area contributed by atoms with E-state index in [0.717, 1.165) is 32.4 Å². The van der Waals surface area contributed by atoms with Crippen LogP contribution in [0.4, 0.5) is 11.5 Å². The van der Waals surface area contributed by atoms with Crippen LogP contribution in [-0.4, -0.2) is 28.9 Å². The molecule has 1 aliphatic heterocycles. The molecule has 1 atom stereocenters. The second-order valence-electron chi connectivity index (χ2n) is 7.15. The molecule has 0 spiro atoms. The molecule has 136 valence electrons. The minimum Gasteiger partial charge on any atom is -0.365 e. The maximum absolute atomic E-state index is 11.8. The number of carbonyl (C=O) groups is 1. The first-order valence-corrected chi connectivity index (χ1v) is 8.61. The van der Waals surface area contributed by atoms with Gasteiger partial charge < -0.3 is 10.6 Å². The monoisotopic (exact) mass is 354 g/mol. The number of hydrogen-bond donors (Lipinski definition) is 1. The molecule has 1 fully saturated rings. The fraction of sp³-hybridized carbons (Fsp3) is 0.368. The van der Waals surface area contributed by atoms with Crippen LogP contribution in [0.2, 0.25) is 0 Å². The Morgan fingerprint density at radius 2 is 2.12 bits per heavy atom. The molecule has 2 aromatic rings. The Bertz CT molecular complexity index is 825. The Hall–Kier alpha value is -2.96. The number of nitrogens with two attached hydrogens (primary N) is 1. The lowest BCUT2D eigenvalue weighted by molar-refractivity contribution is -0.385. The summed E-state index contributed by atoms with van der Waals surface area (Å²) in [5.41, 5.74) is 6.70. The van der Waals surface area contributed by atoms with Crippen LogP contribution in [0.25, 0.3) is 0 Å². The zero-order valence-corrected chi connectivity index (χ0v) is 14.7. The standard InChI is InChI=1S/C19H22N4O3/c1-19(8-7-14-5-3-2-4-6-14)9-10-22(13-19)18-16(17(20)24)11-15(12-21-18)23(25)26/h2-6,11-12H,7-10,13H2,1H3,(H2,20,24)/t19-/m1/s1. The summed E-state index contributed by atoms with van der Waals surface area (Å²) in [6, 6.07) is 11.5. The average molecular weight is 354 g/mol. The van der Waals surface area contributed by atoms with E-state index in [-0.39, 0.29) is 16.7 Å². The van der Waals surface area contributed by atoms with Crippen molar-refractivity contribution in [2.45, 2.75) is 26.2 Å². The number of benzene rings is 1. The van der Waals surface area contributed by atoms with Crippen molar-refractivity contribution < 1.29 is 9.72 Å². The number of rotatable bonds is 6. The zero-order chi connectivity index (χ0) is 18.7. The van der Waals surface area contributed by atoms with Gasteiger partial charge in [-0.15, -0.1) is 0 Å². The Morgan fingerprint density at radius 1 is 1.38 bits per heavy atom. The number of nitro groups is 1. The highest BCUT2D eigenvalue weighted by molar-refractivity contribution is 5.98. The predicted molar refractivity (Wildman–Crippen MR) is 99.1 cm³/mol. The van der Waals surface area contributed by atoms with Crippen molar-refractivity contribution in [3.05, 3.63) is 63.8 Å². The number of nitrogens with zero attached hydrogens (tertiary/aromatic N) is 3. The topological polar surface area (TPSA) is 102 Å². The van der Waals surface area contributed by atoms with Gasteiger partial charge in [-0.25, -0.2) is 4.98 Å². The van der Waals surface area contributed by atoms with Gasteiger partial charge in [-0.3, -0.25) is 14.9 Å². The van der Waals surface area contributed by atoms with Gasteiger partial charge in [-0.1, -0.05) is 37.3 Å². The predicted octanol–water partition coefficient (Wildman–Crippen LogP) is 2.94. The van der Waals surface area contributed by atoms with Crippen LogP contribution in [-0.2, 0) is 6.42 Å². The molecule has 3 rings (SSSR count). The van der Waals surface area contributed by atoms with E-state index >= 15 is 0 Å². The normalized spacial score (nSPS) is 19.5. The first-order valence-electron chi connectivity index (χ1n) is 8.61. The van der Waals surface area contributed by atoms with E-state index in [1.54, 1.807) is 0 Å². The van der Waals surface area contributed by atoms with Gasteiger partial charge >= 0.3 is 0 Å². The summed E-state index contributed by atoms with van der Waals surface area (Å²) < 4.78 is 0. The smallest absolute Gasteiger partial charge is 0.288 e. The maximum atomic E-state index is 11.8. The van der Waals surface area contributed by atoms with Gasteiger partial charge in [0.05, 0.1) is 10.5 Å². The van der Waals surface area contributed by atoms with Crippen molar-refractivity contribution in [1.82, 2.24) is 4.98 Å². The lowest BCUT2D eigenvalue weighted by atomic mass is 9.83. The van der Waals surface area contributed by atoms with Gasteiger partial charge in [0.1, 0.15) is 12.0 Å². The minimum atomic E-state index is -0.700. The first kappa shape index (κ1) is 17.8. The Kier molecular flexibility index (Phi) is 4.88. The van der Waals surface area contributed by atoms with Crippen LogP contribution in [0.3, 0.4) is 0 Å². The van der Waals surface area contributed by atoms with E-state index in [9.17, 15) is 14.9 Å². The molecule has 26 heavy (non-hydrogen) atoms. The molecular formula is C19H22N4O3. The lowest BCUT2D eigenvalue weighted by Gasteiger charge is -2.25.